The monoisotopic (exact) mass is 385 g/mol. The number of ether oxygens (including phenoxy) is 2. The summed E-state index contributed by atoms with van der Waals surface area (Å²) in [6, 6.07) is 18.6. The molecule has 0 unspecified atom stereocenters. The number of fused-ring (bicyclic) bond motifs is 1. The molecule has 1 amide bonds. The van der Waals surface area contributed by atoms with Crippen molar-refractivity contribution in [2.24, 2.45) is 0 Å². The summed E-state index contributed by atoms with van der Waals surface area (Å²) in [5.74, 6) is -0.564. The van der Waals surface area contributed by atoms with E-state index >= 15 is 0 Å². The number of rotatable bonds is 7. The van der Waals surface area contributed by atoms with Gasteiger partial charge in [-0.1, -0.05) is 48.5 Å². The van der Waals surface area contributed by atoms with E-state index in [0.717, 1.165) is 16.3 Å². The second-order valence-electron chi connectivity index (χ2n) is 6.33. The van der Waals surface area contributed by atoms with E-state index in [9.17, 15) is 13.6 Å². The number of benzene rings is 3. The van der Waals surface area contributed by atoms with Crippen LogP contribution in [-0.4, -0.2) is 38.1 Å². The minimum Gasteiger partial charge on any atom is -0.493 e. The third kappa shape index (κ3) is 4.22. The molecule has 0 N–H and O–H groups in total. The van der Waals surface area contributed by atoms with Gasteiger partial charge in [0.05, 0.1) is 12.7 Å². The summed E-state index contributed by atoms with van der Waals surface area (Å²) in [6.07, 6.45) is 0.637. The first kappa shape index (κ1) is 19.6. The maximum Gasteiger partial charge on any atom is 0.387 e. The minimum atomic E-state index is -3.05. The van der Waals surface area contributed by atoms with Crippen LogP contribution in [0.2, 0.25) is 0 Å². The van der Waals surface area contributed by atoms with Gasteiger partial charge < -0.3 is 14.4 Å². The number of alkyl halides is 2. The Morgan fingerprint density at radius 3 is 2.50 bits per heavy atom. The number of hydrogen-bond acceptors (Lipinski definition) is 3. The Morgan fingerprint density at radius 2 is 1.75 bits per heavy atom. The van der Waals surface area contributed by atoms with Crippen LogP contribution in [0.5, 0.6) is 11.5 Å². The van der Waals surface area contributed by atoms with Crippen LogP contribution in [0, 0.1) is 0 Å². The molecule has 0 bridgehead atoms. The molecule has 6 heteroatoms. The number of carbonyl (C=O) groups is 1. The average molecular weight is 385 g/mol. The third-order valence-corrected chi connectivity index (χ3v) is 4.58. The van der Waals surface area contributed by atoms with E-state index in [0.29, 0.717) is 13.0 Å². The highest BCUT2D eigenvalue weighted by atomic mass is 19.3. The summed E-state index contributed by atoms with van der Waals surface area (Å²) in [7, 11) is 2.98. The molecule has 0 saturated carbocycles. The van der Waals surface area contributed by atoms with Gasteiger partial charge in [0, 0.05) is 13.6 Å². The van der Waals surface area contributed by atoms with Crippen LogP contribution in [0.4, 0.5) is 8.78 Å². The maximum absolute atomic E-state index is 12.8. The third-order valence-electron chi connectivity index (χ3n) is 4.58. The van der Waals surface area contributed by atoms with Crippen molar-refractivity contribution in [3.8, 4) is 11.5 Å². The van der Waals surface area contributed by atoms with Gasteiger partial charge in [-0.2, -0.15) is 8.78 Å². The standard InChI is InChI=1S/C22H21F2NO3/c1-25(14-13-16-9-5-8-15-7-3-4-10-17(15)16)21(26)18-11-6-12-19(27-2)20(18)28-22(23)24/h3-12,22H,13-14H2,1-2H3. The fraction of sp³-hybridized carbons (Fsp3) is 0.227. The zero-order valence-corrected chi connectivity index (χ0v) is 15.7. The molecule has 0 spiro atoms. The Labute approximate surface area is 162 Å². The van der Waals surface area contributed by atoms with Crippen molar-refractivity contribution in [3.63, 3.8) is 0 Å². The molecule has 3 rings (SSSR count). The minimum absolute atomic E-state index is 0.0417. The largest absolute Gasteiger partial charge is 0.493 e. The normalized spacial score (nSPS) is 10.9. The summed E-state index contributed by atoms with van der Waals surface area (Å²) < 4.78 is 35.2. The topological polar surface area (TPSA) is 38.8 Å². The van der Waals surface area contributed by atoms with E-state index in [4.69, 9.17) is 4.74 Å². The molecule has 4 nitrogen and oxygen atoms in total. The van der Waals surface area contributed by atoms with E-state index in [1.54, 1.807) is 13.1 Å². The number of methoxy groups -OCH3 is 1. The molecule has 0 radical (unpaired) electrons. The number of halogens is 2. The summed E-state index contributed by atoms with van der Waals surface area (Å²) in [4.78, 5) is 14.3. The zero-order valence-electron chi connectivity index (χ0n) is 15.7. The lowest BCUT2D eigenvalue weighted by Gasteiger charge is -2.20. The molecule has 0 aliphatic rings. The lowest BCUT2D eigenvalue weighted by atomic mass is 10.0. The van der Waals surface area contributed by atoms with Crippen LogP contribution < -0.4 is 9.47 Å². The molecule has 3 aromatic carbocycles. The molecular weight excluding hydrogens is 364 g/mol. The maximum atomic E-state index is 12.8. The van der Waals surface area contributed by atoms with Crippen molar-refractivity contribution in [1.29, 1.82) is 0 Å². The molecular formula is C22H21F2NO3. The molecule has 146 valence electrons. The lowest BCUT2D eigenvalue weighted by molar-refractivity contribution is -0.0516. The SMILES string of the molecule is COc1cccc(C(=O)N(C)CCc2cccc3ccccc23)c1OC(F)F. The van der Waals surface area contributed by atoms with Gasteiger partial charge in [0.25, 0.3) is 5.91 Å². The Balaban J connectivity index is 1.79. The Hall–Kier alpha value is -3.15. The highest BCUT2D eigenvalue weighted by Gasteiger charge is 2.22. The number of hydrogen-bond donors (Lipinski definition) is 0. The highest BCUT2D eigenvalue weighted by Crippen LogP contribution is 2.33. The Bertz CT molecular complexity index is 970. The van der Waals surface area contributed by atoms with Crippen molar-refractivity contribution in [2.45, 2.75) is 13.0 Å². The first-order chi connectivity index (χ1) is 13.5. The van der Waals surface area contributed by atoms with E-state index in [-0.39, 0.29) is 17.1 Å². The Morgan fingerprint density at radius 1 is 1.04 bits per heavy atom. The van der Waals surface area contributed by atoms with Crippen molar-refractivity contribution >= 4 is 16.7 Å². The fourth-order valence-electron chi connectivity index (χ4n) is 3.16. The van der Waals surface area contributed by atoms with Crippen molar-refractivity contribution < 1.29 is 23.0 Å². The summed E-state index contributed by atoms with van der Waals surface area (Å²) in [5.41, 5.74) is 1.16. The molecule has 28 heavy (non-hydrogen) atoms. The van der Waals surface area contributed by atoms with Crippen LogP contribution in [-0.2, 0) is 6.42 Å². The molecule has 0 aliphatic heterocycles. The van der Waals surface area contributed by atoms with Crippen molar-refractivity contribution in [2.75, 3.05) is 20.7 Å². The summed E-state index contributed by atoms with van der Waals surface area (Å²) >= 11 is 0. The van der Waals surface area contributed by atoms with E-state index < -0.39 is 12.5 Å². The zero-order chi connectivity index (χ0) is 20.1. The molecule has 0 aromatic heterocycles. The molecule has 0 aliphatic carbocycles. The van der Waals surface area contributed by atoms with Gasteiger partial charge in [0.2, 0.25) is 0 Å². The van der Waals surface area contributed by atoms with E-state index in [1.165, 1.54) is 24.1 Å². The fourth-order valence-corrected chi connectivity index (χ4v) is 3.16. The van der Waals surface area contributed by atoms with Gasteiger partial charge in [-0.3, -0.25) is 4.79 Å². The predicted octanol–water partition coefficient (Wildman–Crippen LogP) is 4.76. The number of likely N-dealkylation sites (N-methyl/N-ethyl adjacent to an activating group) is 1. The summed E-state index contributed by atoms with van der Waals surface area (Å²) in [6.45, 7) is -2.62. The number of amides is 1. The second-order valence-corrected chi connectivity index (χ2v) is 6.33. The van der Waals surface area contributed by atoms with E-state index in [1.807, 2.05) is 42.5 Å². The van der Waals surface area contributed by atoms with Gasteiger partial charge in [0.15, 0.2) is 11.5 Å². The highest BCUT2D eigenvalue weighted by molar-refractivity contribution is 5.97. The van der Waals surface area contributed by atoms with Gasteiger partial charge in [-0.05, 0) is 34.9 Å². The molecule has 0 saturated heterocycles. The van der Waals surface area contributed by atoms with Crippen LogP contribution in [0.15, 0.2) is 60.7 Å². The van der Waals surface area contributed by atoms with Crippen molar-refractivity contribution in [1.82, 2.24) is 4.90 Å². The van der Waals surface area contributed by atoms with Crippen LogP contribution in [0.3, 0.4) is 0 Å². The van der Waals surface area contributed by atoms with Crippen LogP contribution in [0.25, 0.3) is 10.8 Å². The van der Waals surface area contributed by atoms with Gasteiger partial charge in [-0.25, -0.2) is 0 Å². The first-order valence-corrected chi connectivity index (χ1v) is 8.85. The van der Waals surface area contributed by atoms with Gasteiger partial charge in [-0.15, -0.1) is 0 Å². The molecule has 3 aromatic rings. The average Bonchev–Trinajstić information content (AvgIpc) is 2.71. The van der Waals surface area contributed by atoms with E-state index in [2.05, 4.69) is 4.74 Å². The molecule has 0 heterocycles. The molecule has 0 fully saturated rings. The van der Waals surface area contributed by atoms with Crippen LogP contribution >= 0.6 is 0 Å². The van der Waals surface area contributed by atoms with Crippen LogP contribution in [0.1, 0.15) is 15.9 Å². The summed E-state index contributed by atoms with van der Waals surface area (Å²) in [5, 5.41) is 2.27. The number of para-hydroxylation sites is 1. The first-order valence-electron chi connectivity index (χ1n) is 8.85. The second kappa shape index (κ2) is 8.69. The van der Waals surface area contributed by atoms with Gasteiger partial charge in [0.1, 0.15) is 0 Å². The smallest absolute Gasteiger partial charge is 0.387 e. The lowest BCUT2D eigenvalue weighted by Crippen LogP contribution is -2.29. The predicted molar refractivity (Wildman–Crippen MR) is 104 cm³/mol. The quantitative estimate of drug-likeness (QED) is 0.588. The molecule has 0 atom stereocenters. The Kier molecular flexibility index (Phi) is 6.09. The number of nitrogens with zero attached hydrogens (tertiary/aromatic N) is 1. The van der Waals surface area contributed by atoms with Gasteiger partial charge >= 0.3 is 6.61 Å². The number of carbonyl (C=O) groups excluding carboxylic acids is 1. The van der Waals surface area contributed by atoms with Crippen molar-refractivity contribution in [3.05, 3.63) is 71.8 Å².